The van der Waals surface area contributed by atoms with Gasteiger partial charge >= 0.3 is 0 Å². The molecule has 80 valence electrons. The molecule has 0 aromatic carbocycles. The molecule has 0 radical (unpaired) electrons. The highest BCUT2D eigenvalue weighted by Gasteiger charge is 2.07. The Kier molecular flexibility index (Phi) is 2.66. The molecule has 0 aliphatic carbocycles. The molecule has 0 atom stereocenters. The normalized spacial score (nSPS) is 10.5. The lowest BCUT2D eigenvalue weighted by Crippen LogP contribution is -2.02. The van der Waals surface area contributed by atoms with Gasteiger partial charge in [-0.15, -0.1) is 5.10 Å². The summed E-state index contributed by atoms with van der Waals surface area (Å²) in [6.45, 7) is 4.92. The van der Waals surface area contributed by atoms with Crippen LogP contribution in [0.2, 0.25) is 0 Å². The first-order chi connectivity index (χ1) is 7.29. The van der Waals surface area contributed by atoms with Crippen LogP contribution in [0.4, 0.5) is 0 Å². The summed E-state index contributed by atoms with van der Waals surface area (Å²) in [5.74, 6) is 0.617. The van der Waals surface area contributed by atoms with Crippen LogP contribution in [0.1, 0.15) is 18.3 Å². The van der Waals surface area contributed by atoms with E-state index in [1.54, 1.807) is 4.68 Å². The lowest BCUT2D eigenvalue weighted by atomic mass is 10.3. The molecule has 15 heavy (non-hydrogen) atoms. The SMILES string of the molecule is CCOc1ccn(Cc2nonc2C)n1. The number of aromatic nitrogens is 4. The van der Waals surface area contributed by atoms with E-state index < -0.39 is 0 Å². The molecule has 0 amide bonds. The zero-order valence-electron chi connectivity index (χ0n) is 8.67. The van der Waals surface area contributed by atoms with Crippen LogP contribution in [-0.2, 0) is 6.54 Å². The van der Waals surface area contributed by atoms with E-state index >= 15 is 0 Å². The van der Waals surface area contributed by atoms with Gasteiger partial charge in [-0.2, -0.15) is 0 Å². The van der Waals surface area contributed by atoms with Gasteiger partial charge in [0, 0.05) is 12.3 Å². The molecule has 0 fully saturated rings. The number of aryl methyl sites for hydroxylation is 1. The second-order valence-electron chi connectivity index (χ2n) is 3.08. The zero-order valence-corrected chi connectivity index (χ0v) is 8.67. The van der Waals surface area contributed by atoms with Gasteiger partial charge < -0.3 is 4.74 Å². The summed E-state index contributed by atoms with van der Waals surface area (Å²) in [5.41, 5.74) is 1.56. The highest BCUT2D eigenvalue weighted by Crippen LogP contribution is 2.08. The number of ether oxygens (including phenoxy) is 1. The zero-order chi connectivity index (χ0) is 10.7. The Bertz CT molecular complexity index is 435. The van der Waals surface area contributed by atoms with Crippen molar-refractivity contribution in [3.8, 4) is 5.88 Å². The molecule has 2 rings (SSSR count). The maximum absolute atomic E-state index is 5.24. The van der Waals surface area contributed by atoms with E-state index in [2.05, 4.69) is 20.0 Å². The lowest BCUT2D eigenvalue weighted by Gasteiger charge is -1.98. The molecule has 6 heteroatoms. The highest BCUT2D eigenvalue weighted by molar-refractivity contribution is 5.09. The molecule has 2 heterocycles. The third-order valence-electron chi connectivity index (χ3n) is 1.97. The van der Waals surface area contributed by atoms with Crippen LogP contribution in [0.15, 0.2) is 16.9 Å². The summed E-state index contributed by atoms with van der Waals surface area (Å²) >= 11 is 0. The van der Waals surface area contributed by atoms with Gasteiger partial charge in [0.1, 0.15) is 11.4 Å². The molecule has 0 spiro atoms. The van der Waals surface area contributed by atoms with E-state index in [4.69, 9.17) is 4.74 Å². The van der Waals surface area contributed by atoms with Gasteiger partial charge in [0.25, 0.3) is 0 Å². The Morgan fingerprint density at radius 1 is 1.47 bits per heavy atom. The first-order valence-electron chi connectivity index (χ1n) is 4.74. The molecule has 0 bridgehead atoms. The fourth-order valence-electron chi connectivity index (χ4n) is 1.20. The average molecular weight is 208 g/mol. The van der Waals surface area contributed by atoms with Crippen molar-refractivity contribution in [2.45, 2.75) is 20.4 Å². The average Bonchev–Trinajstić information content (AvgIpc) is 2.79. The quantitative estimate of drug-likeness (QED) is 0.750. The largest absolute Gasteiger partial charge is 0.477 e. The van der Waals surface area contributed by atoms with Crippen molar-refractivity contribution < 1.29 is 9.37 Å². The second kappa shape index (κ2) is 4.12. The fourth-order valence-corrected chi connectivity index (χ4v) is 1.20. The summed E-state index contributed by atoms with van der Waals surface area (Å²) in [6, 6.07) is 1.81. The van der Waals surface area contributed by atoms with E-state index in [1.165, 1.54) is 0 Å². The Hall–Kier alpha value is -1.85. The van der Waals surface area contributed by atoms with Crippen LogP contribution in [0.3, 0.4) is 0 Å². The molecular weight excluding hydrogens is 196 g/mol. The maximum atomic E-state index is 5.24. The molecule has 2 aromatic rings. The van der Waals surface area contributed by atoms with Crippen LogP contribution in [0.5, 0.6) is 5.88 Å². The molecule has 0 aliphatic rings. The van der Waals surface area contributed by atoms with Gasteiger partial charge in [-0.25, -0.2) is 4.63 Å². The van der Waals surface area contributed by atoms with Gasteiger partial charge in [-0.1, -0.05) is 10.3 Å². The number of hydrogen-bond acceptors (Lipinski definition) is 5. The lowest BCUT2D eigenvalue weighted by molar-refractivity contribution is 0.299. The molecular formula is C9H12N4O2. The van der Waals surface area contributed by atoms with Crippen molar-refractivity contribution >= 4 is 0 Å². The van der Waals surface area contributed by atoms with Crippen molar-refractivity contribution in [1.82, 2.24) is 20.1 Å². The first kappa shape index (κ1) is 9.70. The van der Waals surface area contributed by atoms with E-state index in [9.17, 15) is 0 Å². The minimum Gasteiger partial charge on any atom is -0.477 e. The van der Waals surface area contributed by atoms with Crippen LogP contribution < -0.4 is 4.74 Å². The molecule has 0 unspecified atom stereocenters. The maximum Gasteiger partial charge on any atom is 0.232 e. The molecule has 6 nitrogen and oxygen atoms in total. The molecule has 0 saturated carbocycles. The van der Waals surface area contributed by atoms with Crippen molar-refractivity contribution in [2.75, 3.05) is 6.61 Å². The predicted octanol–water partition coefficient (Wildman–Crippen LogP) is 1.02. The van der Waals surface area contributed by atoms with Crippen LogP contribution in [0.25, 0.3) is 0 Å². The van der Waals surface area contributed by atoms with Gasteiger partial charge in [0.15, 0.2) is 0 Å². The highest BCUT2D eigenvalue weighted by atomic mass is 16.6. The smallest absolute Gasteiger partial charge is 0.232 e. The Morgan fingerprint density at radius 2 is 2.33 bits per heavy atom. The Balaban J connectivity index is 2.08. The van der Waals surface area contributed by atoms with Gasteiger partial charge in [-0.05, 0) is 13.8 Å². The summed E-state index contributed by atoms with van der Waals surface area (Å²) in [6.07, 6.45) is 1.83. The third kappa shape index (κ3) is 2.15. The standard InChI is InChI=1S/C9H12N4O2/c1-3-14-9-4-5-13(10-9)6-8-7(2)11-15-12-8/h4-5H,3,6H2,1-2H3. The first-order valence-corrected chi connectivity index (χ1v) is 4.74. The number of rotatable bonds is 4. The Labute approximate surface area is 86.8 Å². The summed E-state index contributed by atoms with van der Waals surface area (Å²) in [5, 5.41) is 11.7. The fraction of sp³-hybridized carbons (Fsp3) is 0.444. The van der Waals surface area contributed by atoms with Crippen LogP contribution >= 0.6 is 0 Å². The summed E-state index contributed by atoms with van der Waals surface area (Å²) in [4.78, 5) is 0. The van der Waals surface area contributed by atoms with Crippen molar-refractivity contribution in [1.29, 1.82) is 0 Å². The number of nitrogens with zero attached hydrogens (tertiary/aromatic N) is 4. The summed E-state index contributed by atoms with van der Waals surface area (Å²) < 4.78 is 11.6. The van der Waals surface area contributed by atoms with E-state index in [0.717, 1.165) is 11.4 Å². The second-order valence-corrected chi connectivity index (χ2v) is 3.08. The predicted molar refractivity (Wildman–Crippen MR) is 51.5 cm³/mol. The molecule has 0 saturated heterocycles. The number of hydrogen-bond donors (Lipinski definition) is 0. The van der Waals surface area contributed by atoms with E-state index in [-0.39, 0.29) is 0 Å². The van der Waals surface area contributed by atoms with Crippen molar-refractivity contribution in [2.24, 2.45) is 0 Å². The monoisotopic (exact) mass is 208 g/mol. The Morgan fingerprint density at radius 3 is 3.00 bits per heavy atom. The van der Waals surface area contributed by atoms with E-state index in [1.807, 2.05) is 26.1 Å². The van der Waals surface area contributed by atoms with Crippen LogP contribution in [-0.4, -0.2) is 26.7 Å². The van der Waals surface area contributed by atoms with Gasteiger partial charge in [0.2, 0.25) is 5.88 Å². The van der Waals surface area contributed by atoms with Crippen LogP contribution in [0, 0.1) is 6.92 Å². The van der Waals surface area contributed by atoms with E-state index in [0.29, 0.717) is 19.0 Å². The minimum absolute atomic E-state index is 0.544. The molecule has 0 aliphatic heterocycles. The summed E-state index contributed by atoms with van der Waals surface area (Å²) in [7, 11) is 0. The molecule has 2 aromatic heterocycles. The van der Waals surface area contributed by atoms with Crippen molar-refractivity contribution in [3.05, 3.63) is 23.7 Å². The third-order valence-corrected chi connectivity index (χ3v) is 1.97. The van der Waals surface area contributed by atoms with Gasteiger partial charge in [0.05, 0.1) is 13.2 Å². The minimum atomic E-state index is 0.544. The topological polar surface area (TPSA) is 66.0 Å². The van der Waals surface area contributed by atoms with Crippen molar-refractivity contribution in [3.63, 3.8) is 0 Å². The molecule has 0 N–H and O–H groups in total. The van der Waals surface area contributed by atoms with Gasteiger partial charge in [-0.3, -0.25) is 4.68 Å².